The average Bonchev–Trinajstić information content (AvgIpc) is 2.45. The lowest BCUT2D eigenvalue weighted by atomic mass is 10.0. The molecule has 6 heteroatoms. The quantitative estimate of drug-likeness (QED) is 0.547. The molecule has 0 bridgehead atoms. The number of rotatable bonds is 4. The summed E-state index contributed by atoms with van der Waals surface area (Å²) < 4.78 is 31.6. The van der Waals surface area contributed by atoms with Gasteiger partial charge in [-0.1, -0.05) is 36.4 Å². The van der Waals surface area contributed by atoms with Gasteiger partial charge in [-0.05, 0) is 34.4 Å². The maximum absolute atomic E-state index is 11.4. The summed E-state index contributed by atoms with van der Waals surface area (Å²) in [6.45, 7) is -0.185. The van der Waals surface area contributed by atoms with Crippen molar-refractivity contribution in [1.29, 1.82) is 0 Å². The fourth-order valence-corrected chi connectivity index (χ4v) is 2.69. The Morgan fingerprint density at radius 2 is 1.52 bits per heavy atom. The Labute approximate surface area is 121 Å². The van der Waals surface area contributed by atoms with Crippen molar-refractivity contribution in [2.45, 2.75) is 0 Å². The molecule has 0 aliphatic heterocycles. The molecule has 0 saturated heterocycles. The summed E-state index contributed by atoms with van der Waals surface area (Å²) in [7, 11) is -4.40. The van der Waals surface area contributed by atoms with Crippen molar-refractivity contribution in [1.82, 2.24) is 0 Å². The Hall–Kier alpha value is -2.60. The summed E-state index contributed by atoms with van der Waals surface area (Å²) in [5, 5.41) is 3.44. The van der Waals surface area contributed by atoms with Crippen LogP contribution in [0.1, 0.15) is 0 Å². The van der Waals surface area contributed by atoms with E-state index in [0.717, 1.165) is 16.2 Å². The molecule has 0 aromatic heterocycles. The zero-order valence-corrected chi connectivity index (χ0v) is 11.5. The highest BCUT2D eigenvalue weighted by Crippen LogP contribution is 2.30. The van der Waals surface area contributed by atoms with Gasteiger partial charge in [-0.2, -0.15) is 0 Å². The van der Waals surface area contributed by atoms with Crippen LogP contribution in [0, 0.1) is 0 Å². The number of hydrogen-bond donors (Lipinski definition) is 0. The minimum atomic E-state index is -4.40. The van der Waals surface area contributed by atoms with Crippen molar-refractivity contribution in [3.8, 4) is 5.75 Å². The van der Waals surface area contributed by atoms with E-state index in [1.807, 2.05) is 42.5 Å². The van der Waals surface area contributed by atoms with Gasteiger partial charge in [0.2, 0.25) is 0 Å². The highest BCUT2D eigenvalue weighted by atomic mass is 32.3. The predicted octanol–water partition coefficient (Wildman–Crippen LogP) is 2.79. The van der Waals surface area contributed by atoms with Gasteiger partial charge in [-0.25, -0.2) is 0 Å². The molecule has 0 amide bonds. The molecule has 0 saturated carbocycles. The molecule has 106 valence electrons. The molecule has 21 heavy (non-hydrogen) atoms. The maximum atomic E-state index is 11.4. The molecule has 0 atom stereocenters. The minimum Gasteiger partial charge on any atom is -0.352 e. The summed E-state index contributed by atoms with van der Waals surface area (Å²) >= 11 is 0. The molecule has 0 aliphatic carbocycles. The number of hydrogen-bond acceptors (Lipinski definition) is 5. The van der Waals surface area contributed by atoms with Crippen molar-refractivity contribution in [2.75, 3.05) is 0 Å². The van der Waals surface area contributed by atoms with E-state index in [1.165, 1.54) is 6.07 Å². The smallest absolute Gasteiger partial charge is 0.352 e. The van der Waals surface area contributed by atoms with Gasteiger partial charge in [0.05, 0.1) is 0 Å². The van der Waals surface area contributed by atoms with Crippen LogP contribution >= 0.6 is 0 Å². The standard InChI is InChI=1S/C15H10O5S/c16-10-19-21(17,18)20-15-7-3-6-13-8-11-4-1-2-5-12(11)9-14(13)15/h1-10H. The van der Waals surface area contributed by atoms with Crippen LogP contribution in [0.3, 0.4) is 0 Å². The van der Waals surface area contributed by atoms with Crippen LogP contribution in [-0.2, 0) is 19.4 Å². The molecule has 3 rings (SSSR count). The summed E-state index contributed by atoms with van der Waals surface area (Å²) in [5.74, 6) is 0.111. The van der Waals surface area contributed by atoms with Gasteiger partial charge < -0.3 is 8.37 Å². The van der Waals surface area contributed by atoms with Crippen LogP contribution in [0.2, 0.25) is 0 Å². The molecular formula is C15H10O5S. The fraction of sp³-hybridized carbons (Fsp3) is 0. The molecule has 0 fully saturated rings. The second-order valence-corrected chi connectivity index (χ2v) is 5.54. The van der Waals surface area contributed by atoms with E-state index >= 15 is 0 Å². The van der Waals surface area contributed by atoms with Gasteiger partial charge >= 0.3 is 16.9 Å². The number of carbonyl (C=O) groups excluding carboxylic acids is 1. The van der Waals surface area contributed by atoms with Gasteiger partial charge in [0.25, 0.3) is 0 Å². The summed E-state index contributed by atoms with van der Waals surface area (Å²) in [6.07, 6.45) is 0. The Balaban J connectivity index is 2.19. The summed E-state index contributed by atoms with van der Waals surface area (Å²) in [4.78, 5) is 10.2. The second kappa shape index (κ2) is 5.06. The first-order chi connectivity index (χ1) is 10.1. The van der Waals surface area contributed by atoms with Crippen LogP contribution in [-0.4, -0.2) is 14.9 Å². The largest absolute Gasteiger partial charge is 0.503 e. The predicted molar refractivity (Wildman–Crippen MR) is 78.2 cm³/mol. The third-order valence-corrected chi connectivity index (χ3v) is 3.75. The average molecular weight is 302 g/mol. The van der Waals surface area contributed by atoms with Gasteiger partial charge in [-0.3, -0.25) is 4.79 Å². The first kappa shape index (κ1) is 13.4. The number of benzene rings is 3. The zero-order valence-electron chi connectivity index (χ0n) is 10.7. The molecule has 0 heterocycles. The van der Waals surface area contributed by atoms with Crippen molar-refractivity contribution in [3.63, 3.8) is 0 Å². The van der Waals surface area contributed by atoms with Crippen LogP contribution in [0.4, 0.5) is 0 Å². The van der Waals surface area contributed by atoms with E-state index < -0.39 is 10.4 Å². The lowest BCUT2D eigenvalue weighted by molar-refractivity contribution is -0.120. The van der Waals surface area contributed by atoms with E-state index in [1.54, 1.807) is 6.07 Å². The Morgan fingerprint density at radius 3 is 2.24 bits per heavy atom. The molecule has 3 aromatic rings. The third-order valence-electron chi connectivity index (χ3n) is 3.06. The molecule has 0 unspecified atom stereocenters. The van der Waals surface area contributed by atoms with E-state index in [9.17, 15) is 13.2 Å². The second-order valence-electron chi connectivity index (χ2n) is 4.36. The Kier molecular flexibility index (Phi) is 3.23. The highest BCUT2D eigenvalue weighted by molar-refractivity contribution is 7.82. The first-order valence-corrected chi connectivity index (χ1v) is 7.40. The van der Waals surface area contributed by atoms with Crippen molar-refractivity contribution >= 4 is 38.4 Å². The third kappa shape index (κ3) is 2.66. The fourth-order valence-electron chi connectivity index (χ4n) is 2.19. The minimum absolute atomic E-state index is 0.111. The molecule has 3 aromatic carbocycles. The van der Waals surface area contributed by atoms with E-state index in [-0.39, 0.29) is 12.2 Å². The first-order valence-electron chi connectivity index (χ1n) is 6.07. The molecule has 5 nitrogen and oxygen atoms in total. The van der Waals surface area contributed by atoms with Crippen LogP contribution < -0.4 is 4.18 Å². The Morgan fingerprint density at radius 1 is 0.857 bits per heavy atom. The summed E-state index contributed by atoms with van der Waals surface area (Å²) in [5.41, 5.74) is 0. The van der Waals surface area contributed by atoms with Crippen LogP contribution in [0.5, 0.6) is 5.75 Å². The van der Waals surface area contributed by atoms with E-state index in [4.69, 9.17) is 4.18 Å². The van der Waals surface area contributed by atoms with Gasteiger partial charge in [0, 0.05) is 5.39 Å². The van der Waals surface area contributed by atoms with Crippen molar-refractivity contribution < 1.29 is 21.6 Å². The van der Waals surface area contributed by atoms with Gasteiger partial charge in [0.1, 0.15) is 0 Å². The van der Waals surface area contributed by atoms with Gasteiger partial charge in [0.15, 0.2) is 5.75 Å². The van der Waals surface area contributed by atoms with E-state index in [0.29, 0.717) is 5.39 Å². The SMILES string of the molecule is O=COS(=O)(=O)Oc1cccc2cc3ccccc3cc12. The molecular weight excluding hydrogens is 292 g/mol. The molecule has 0 spiro atoms. The number of fused-ring (bicyclic) bond motifs is 2. The molecule has 0 N–H and O–H groups in total. The topological polar surface area (TPSA) is 69.7 Å². The van der Waals surface area contributed by atoms with Gasteiger partial charge in [-0.15, -0.1) is 8.42 Å². The lowest BCUT2D eigenvalue weighted by Gasteiger charge is -2.08. The highest BCUT2D eigenvalue weighted by Gasteiger charge is 2.16. The lowest BCUT2D eigenvalue weighted by Crippen LogP contribution is -2.12. The van der Waals surface area contributed by atoms with E-state index in [2.05, 4.69) is 4.18 Å². The number of carbonyl (C=O) groups is 1. The van der Waals surface area contributed by atoms with Crippen LogP contribution in [0.15, 0.2) is 54.6 Å². The zero-order chi connectivity index (χ0) is 14.9. The van der Waals surface area contributed by atoms with Crippen molar-refractivity contribution in [3.05, 3.63) is 54.6 Å². The molecule has 0 radical (unpaired) electrons. The van der Waals surface area contributed by atoms with Crippen molar-refractivity contribution in [2.24, 2.45) is 0 Å². The summed E-state index contributed by atoms with van der Waals surface area (Å²) in [6, 6.07) is 16.5. The Bertz CT molecular complexity index is 931. The van der Waals surface area contributed by atoms with Crippen LogP contribution in [0.25, 0.3) is 21.5 Å². The molecule has 0 aliphatic rings. The maximum Gasteiger partial charge on any atom is 0.503 e. The monoisotopic (exact) mass is 302 g/mol. The normalized spacial score (nSPS) is 11.4.